The molecular formula is C18H22N2O5. The Balaban J connectivity index is 1.58. The number of nitrogens with zero attached hydrogens (tertiary/aromatic N) is 1. The van der Waals surface area contributed by atoms with Crippen LogP contribution in [-0.4, -0.2) is 55.1 Å². The van der Waals surface area contributed by atoms with Crippen molar-refractivity contribution in [3.8, 4) is 0 Å². The number of amides is 3. The zero-order valence-electron chi connectivity index (χ0n) is 14.4. The molecule has 0 bridgehead atoms. The fourth-order valence-corrected chi connectivity index (χ4v) is 2.95. The van der Waals surface area contributed by atoms with Gasteiger partial charge in [-0.25, -0.2) is 0 Å². The molecule has 2 heterocycles. The van der Waals surface area contributed by atoms with E-state index >= 15 is 0 Å². The van der Waals surface area contributed by atoms with Crippen molar-refractivity contribution in [3.05, 3.63) is 29.3 Å². The molecule has 0 spiro atoms. The minimum Gasteiger partial charge on any atom is -0.376 e. The summed E-state index contributed by atoms with van der Waals surface area (Å²) in [6.07, 6.45) is 2.54. The summed E-state index contributed by atoms with van der Waals surface area (Å²) in [7, 11) is 1.44. The lowest BCUT2D eigenvalue weighted by Gasteiger charge is -2.23. The zero-order chi connectivity index (χ0) is 18.0. The van der Waals surface area contributed by atoms with Gasteiger partial charge in [-0.3, -0.25) is 19.3 Å². The number of rotatable bonds is 5. The van der Waals surface area contributed by atoms with Crippen molar-refractivity contribution in [2.45, 2.75) is 38.4 Å². The Kier molecular flexibility index (Phi) is 5.15. The minimum absolute atomic E-state index is 0.0446. The molecule has 1 N–H and O–H groups in total. The molecule has 1 saturated heterocycles. The number of imide groups is 1. The molecule has 1 fully saturated rings. The van der Waals surface area contributed by atoms with Gasteiger partial charge in [0.1, 0.15) is 6.10 Å². The summed E-state index contributed by atoms with van der Waals surface area (Å²) >= 11 is 0. The Morgan fingerprint density at radius 2 is 2.08 bits per heavy atom. The number of benzene rings is 1. The molecule has 0 radical (unpaired) electrons. The van der Waals surface area contributed by atoms with Crippen LogP contribution in [0.25, 0.3) is 0 Å². The highest BCUT2D eigenvalue weighted by Gasteiger charge is 2.33. The van der Waals surface area contributed by atoms with Crippen LogP contribution in [0.1, 0.15) is 46.9 Å². The van der Waals surface area contributed by atoms with Crippen LogP contribution in [-0.2, 0) is 14.3 Å². The molecule has 2 aliphatic heterocycles. The fraction of sp³-hybridized carbons (Fsp3) is 0.500. The molecule has 0 aliphatic carbocycles. The Bertz CT molecular complexity index is 697. The van der Waals surface area contributed by atoms with Crippen molar-refractivity contribution in [3.63, 3.8) is 0 Å². The largest absolute Gasteiger partial charge is 0.376 e. The van der Waals surface area contributed by atoms with Gasteiger partial charge in [-0.1, -0.05) is 0 Å². The number of carbonyl (C=O) groups excluding carboxylic acids is 3. The molecule has 3 rings (SSSR count). The molecule has 7 nitrogen and oxygen atoms in total. The molecule has 2 aliphatic rings. The first-order valence-electron chi connectivity index (χ1n) is 8.48. The van der Waals surface area contributed by atoms with Gasteiger partial charge in [0.2, 0.25) is 0 Å². The first-order chi connectivity index (χ1) is 12.0. The van der Waals surface area contributed by atoms with E-state index in [0.29, 0.717) is 23.4 Å². The third kappa shape index (κ3) is 3.72. The van der Waals surface area contributed by atoms with E-state index < -0.39 is 6.10 Å². The quantitative estimate of drug-likeness (QED) is 0.822. The van der Waals surface area contributed by atoms with Gasteiger partial charge in [0, 0.05) is 19.3 Å². The van der Waals surface area contributed by atoms with Gasteiger partial charge in [0.15, 0.2) is 0 Å². The van der Waals surface area contributed by atoms with Crippen molar-refractivity contribution < 1.29 is 23.9 Å². The molecule has 2 atom stereocenters. The normalized spacial score (nSPS) is 21.2. The lowest BCUT2D eigenvalue weighted by atomic mass is 10.1. The summed E-state index contributed by atoms with van der Waals surface area (Å²) in [5, 5.41) is 2.72. The lowest BCUT2D eigenvalue weighted by Crippen LogP contribution is -2.32. The lowest BCUT2D eigenvalue weighted by molar-refractivity contribution is -0.130. The van der Waals surface area contributed by atoms with Crippen LogP contribution < -0.4 is 5.32 Å². The Labute approximate surface area is 146 Å². The maximum Gasteiger partial charge on any atom is 0.261 e. The third-order valence-electron chi connectivity index (χ3n) is 4.53. The monoisotopic (exact) mass is 346 g/mol. The van der Waals surface area contributed by atoms with E-state index in [-0.39, 0.29) is 23.8 Å². The summed E-state index contributed by atoms with van der Waals surface area (Å²) in [6, 6.07) is 4.68. The second-order valence-electron chi connectivity index (χ2n) is 6.38. The van der Waals surface area contributed by atoms with Gasteiger partial charge in [-0.05, 0) is 44.4 Å². The van der Waals surface area contributed by atoms with Gasteiger partial charge in [0.05, 0.1) is 23.8 Å². The van der Waals surface area contributed by atoms with Crippen LogP contribution in [0.5, 0.6) is 0 Å². The van der Waals surface area contributed by atoms with Crippen molar-refractivity contribution in [1.29, 1.82) is 0 Å². The van der Waals surface area contributed by atoms with E-state index in [4.69, 9.17) is 9.47 Å². The third-order valence-corrected chi connectivity index (χ3v) is 4.53. The van der Waals surface area contributed by atoms with Crippen LogP contribution >= 0.6 is 0 Å². The number of anilines is 1. The molecule has 134 valence electrons. The smallest absolute Gasteiger partial charge is 0.261 e. The van der Waals surface area contributed by atoms with E-state index in [9.17, 15) is 14.4 Å². The summed E-state index contributed by atoms with van der Waals surface area (Å²) in [5.74, 6) is -1.00. The Morgan fingerprint density at radius 1 is 1.32 bits per heavy atom. The van der Waals surface area contributed by atoms with Gasteiger partial charge in [-0.2, -0.15) is 0 Å². The van der Waals surface area contributed by atoms with Crippen molar-refractivity contribution in [2.24, 2.45) is 0 Å². The molecule has 0 aromatic heterocycles. The average molecular weight is 346 g/mol. The van der Waals surface area contributed by atoms with E-state index in [1.807, 2.05) is 0 Å². The SMILES string of the molecule is CC(OCC1CCCCO1)C(=O)Nc1ccc2c(c1)C(=O)N(C)C2=O. The van der Waals surface area contributed by atoms with Crippen molar-refractivity contribution >= 4 is 23.4 Å². The zero-order valence-corrected chi connectivity index (χ0v) is 14.4. The van der Waals surface area contributed by atoms with E-state index in [1.54, 1.807) is 19.1 Å². The molecule has 2 unspecified atom stereocenters. The molecule has 1 aromatic carbocycles. The summed E-state index contributed by atoms with van der Waals surface area (Å²) in [5.41, 5.74) is 1.11. The van der Waals surface area contributed by atoms with Gasteiger partial charge >= 0.3 is 0 Å². The summed E-state index contributed by atoms with van der Waals surface area (Å²) < 4.78 is 11.2. The molecule has 1 aromatic rings. The van der Waals surface area contributed by atoms with Crippen LogP contribution in [0, 0.1) is 0 Å². The molecule has 3 amide bonds. The molecule has 25 heavy (non-hydrogen) atoms. The number of nitrogens with one attached hydrogen (secondary N) is 1. The molecule has 0 saturated carbocycles. The standard InChI is InChI=1S/C18H22N2O5/c1-11(25-10-13-5-3-4-8-24-13)16(21)19-12-6-7-14-15(9-12)18(23)20(2)17(14)22/h6-7,9,11,13H,3-5,8,10H2,1-2H3,(H,19,21). The first kappa shape index (κ1) is 17.6. The van der Waals surface area contributed by atoms with Crippen LogP contribution in [0.3, 0.4) is 0 Å². The second-order valence-corrected chi connectivity index (χ2v) is 6.38. The predicted molar refractivity (Wildman–Crippen MR) is 90.5 cm³/mol. The number of hydrogen-bond acceptors (Lipinski definition) is 5. The minimum atomic E-state index is -0.640. The number of hydrogen-bond donors (Lipinski definition) is 1. The first-order valence-corrected chi connectivity index (χ1v) is 8.48. The predicted octanol–water partition coefficient (Wildman–Crippen LogP) is 1.83. The van der Waals surface area contributed by atoms with Crippen LogP contribution in [0.2, 0.25) is 0 Å². The van der Waals surface area contributed by atoms with E-state index in [1.165, 1.54) is 13.1 Å². The van der Waals surface area contributed by atoms with Crippen molar-refractivity contribution in [1.82, 2.24) is 4.90 Å². The maximum absolute atomic E-state index is 12.3. The highest BCUT2D eigenvalue weighted by molar-refractivity contribution is 6.21. The van der Waals surface area contributed by atoms with Crippen LogP contribution in [0.15, 0.2) is 18.2 Å². The van der Waals surface area contributed by atoms with Gasteiger partial charge in [-0.15, -0.1) is 0 Å². The van der Waals surface area contributed by atoms with Gasteiger partial charge in [0.25, 0.3) is 17.7 Å². The molecule has 7 heteroatoms. The number of fused-ring (bicyclic) bond motifs is 1. The average Bonchev–Trinajstić information content (AvgIpc) is 2.84. The number of carbonyl (C=O) groups is 3. The topological polar surface area (TPSA) is 84.9 Å². The van der Waals surface area contributed by atoms with E-state index in [0.717, 1.165) is 30.8 Å². The summed E-state index contributed by atoms with van der Waals surface area (Å²) in [4.78, 5) is 37.2. The Hall–Kier alpha value is -2.25. The highest BCUT2D eigenvalue weighted by atomic mass is 16.5. The Morgan fingerprint density at radius 3 is 2.80 bits per heavy atom. The van der Waals surface area contributed by atoms with Crippen LogP contribution in [0.4, 0.5) is 5.69 Å². The second kappa shape index (κ2) is 7.33. The summed E-state index contributed by atoms with van der Waals surface area (Å²) in [6.45, 7) is 2.80. The van der Waals surface area contributed by atoms with Gasteiger partial charge < -0.3 is 14.8 Å². The van der Waals surface area contributed by atoms with E-state index in [2.05, 4.69) is 5.32 Å². The number of ether oxygens (including phenoxy) is 2. The fourth-order valence-electron chi connectivity index (χ4n) is 2.95. The van der Waals surface area contributed by atoms with Crippen molar-refractivity contribution in [2.75, 3.05) is 25.6 Å². The highest BCUT2D eigenvalue weighted by Crippen LogP contribution is 2.25. The molecular weight excluding hydrogens is 324 g/mol. The maximum atomic E-state index is 12.3.